The van der Waals surface area contributed by atoms with Crippen LogP contribution in [0.5, 0.6) is 5.75 Å². The summed E-state index contributed by atoms with van der Waals surface area (Å²) in [5.74, 6) is -0.115. The highest BCUT2D eigenvalue weighted by molar-refractivity contribution is 5.72. The lowest BCUT2D eigenvalue weighted by Crippen LogP contribution is -2.22. The fourth-order valence-corrected chi connectivity index (χ4v) is 1.99. The predicted molar refractivity (Wildman–Crippen MR) is 60.9 cm³/mol. The van der Waals surface area contributed by atoms with Gasteiger partial charge in [-0.15, -0.1) is 0 Å². The zero-order chi connectivity index (χ0) is 11.5. The highest BCUT2D eigenvalue weighted by atomic mass is 16.5. The van der Waals surface area contributed by atoms with Crippen LogP contribution in [0.3, 0.4) is 0 Å². The van der Waals surface area contributed by atoms with E-state index in [1.54, 1.807) is 7.11 Å². The summed E-state index contributed by atoms with van der Waals surface area (Å²) in [5.41, 5.74) is 1.06. The number of carbonyl (C=O) groups is 1. The van der Waals surface area contributed by atoms with Crippen LogP contribution in [0.1, 0.15) is 6.42 Å². The number of ether oxygens (including phenoxy) is 1. The molecule has 0 aliphatic carbocycles. The van der Waals surface area contributed by atoms with E-state index < -0.39 is 5.97 Å². The first-order chi connectivity index (χ1) is 7.70. The fraction of sp³-hybridized carbons (Fsp3) is 0.417. The second-order valence-corrected chi connectivity index (χ2v) is 3.97. The van der Waals surface area contributed by atoms with E-state index in [9.17, 15) is 4.79 Å². The molecule has 1 saturated heterocycles. The third-order valence-corrected chi connectivity index (χ3v) is 2.98. The first-order valence-corrected chi connectivity index (χ1v) is 5.32. The summed E-state index contributed by atoms with van der Waals surface area (Å²) in [4.78, 5) is 12.9. The molecule has 86 valence electrons. The van der Waals surface area contributed by atoms with Crippen LogP contribution in [-0.2, 0) is 4.79 Å². The van der Waals surface area contributed by atoms with E-state index in [-0.39, 0.29) is 5.92 Å². The summed E-state index contributed by atoms with van der Waals surface area (Å²) in [7, 11) is 1.63. The molecule has 1 N–H and O–H groups in total. The van der Waals surface area contributed by atoms with Crippen molar-refractivity contribution in [3.05, 3.63) is 24.3 Å². The lowest BCUT2D eigenvalue weighted by molar-refractivity contribution is -0.140. The van der Waals surface area contributed by atoms with Crippen LogP contribution < -0.4 is 9.64 Å². The van der Waals surface area contributed by atoms with Gasteiger partial charge in [0.05, 0.1) is 13.0 Å². The molecule has 4 nitrogen and oxygen atoms in total. The molecular weight excluding hydrogens is 206 g/mol. The van der Waals surface area contributed by atoms with E-state index in [2.05, 4.69) is 4.90 Å². The van der Waals surface area contributed by atoms with E-state index in [4.69, 9.17) is 9.84 Å². The van der Waals surface area contributed by atoms with E-state index in [0.29, 0.717) is 6.54 Å². The van der Waals surface area contributed by atoms with Gasteiger partial charge in [-0.1, -0.05) is 0 Å². The van der Waals surface area contributed by atoms with E-state index in [0.717, 1.165) is 24.4 Å². The lowest BCUT2D eigenvalue weighted by atomic mass is 10.1. The van der Waals surface area contributed by atoms with Gasteiger partial charge in [-0.05, 0) is 30.7 Å². The van der Waals surface area contributed by atoms with Crippen LogP contribution in [0.4, 0.5) is 5.69 Å². The number of hydrogen-bond acceptors (Lipinski definition) is 3. The number of carboxylic acids is 1. The van der Waals surface area contributed by atoms with Crippen LogP contribution in [0, 0.1) is 5.92 Å². The third kappa shape index (κ3) is 2.10. The Morgan fingerprint density at radius 3 is 2.62 bits per heavy atom. The molecule has 1 heterocycles. The quantitative estimate of drug-likeness (QED) is 0.842. The van der Waals surface area contributed by atoms with Crippen molar-refractivity contribution in [1.29, 1.82) is 0 Å². The van der Waals surface area contributed by atoms with E-state index >= 15 is 0 Å². The van der Waals surface area contributed by atoms with Crippen molar-refractivity contribution in [2.75, 3.05) is 25.1 Å². The number of hydrogen-bond donors (Lipinski definition) is 1. The first-order valence-electron chi connectivity index (χ1n) is 5.32. The summed E-state index contributed by atoms with van der Waals surface area (Å²) in [5, 5.41) is 8.91. The average molecular weight is 221 g/mol. The molecular formula is C12H15NO3. The van der Waals surface area contributed by atoms with Crippen LogP contribution in [-0.4, -0.2) is 31.3 Å². The van der Waals surface area contributed by atoms with Crippen molar-refractivity contribution in [3.8, 4) is 5.75 Å². The summed E-state index contributed by atoms with van der Waals surface area (Å²) < 4.78 is 5.08. The summed E-state index contributed by atoms with van der Waals surface area (Å²) in [6.45, 7) is 1.41. The maximum absolute atomic E-state index is 10.8. The first kappa shape index (κ1) is 10.8. The normalized spacial score (nSPS) is 19.8. The zero-order valence-corrected chi connectivity index (χ0v) is 9.22. The molecule has 1 aromatic carbocycles. The topological polar surface area (TPSA) is 49.8 Å². The van der Waals surface area contributed by atoms with Crippen LogP contribution in [0.25, 0.3) is 0 Å². The van der Waals surface area contributed by atoms with Gasteiger partial charge >= 0.3 is 5.97 Å². The molecule has 0 amide bonds. The minimum absolute atomic E-state index is 0.234. The molecule has 2 rings (SSSR count). The Bertz CT molecular complexity index is 374. The maximum Gasteiger partial charge on any atom is 0.308 e. The largest absolute Gasteiger partial charge is 0.497 e. The number of methoxy groups -OCH3 is 1. The average Bonchev–Trinajstić information content (AvgIpc) is 2.78. The number of rotatable bonds is 3. The second-order valence-electron chi connectivity index (χ2n) is 3.97. The molecule has 0 aromatic heterocycles. The Kier molecular flexibility index (Phi) is 2.99. The van der Waals surface area contributed by atoms with Gasteiger partial charge in [0, 0.05) is 18.8 Å². The molecule has 1 unspecified atom stereocenters. The van der Waals surface area contributed by atoms with Crippen molar-refractivity contribution in [2.24, 2.45) is 5.92 Å². The Morgan fingerprint density at radius 1 is 1.44 bits per heavy atom. The van der Waals surface area contributed by atoms with Crippen LogP contribution in [0.15, 0.2) is 24.3 Å². The number of carboxylic acid groups (broad SMARTS) is 1. The van der Waals surface area contributed by atoms with Gasteiger partial charge in [0.15, 0.2) is 0 Å². The van der Waals surface area contributed by atoms with E-state index in [1.165, 1.54) is 0 Å². The van der Waals surface area contributed by atoms with Crippen molar-refractivity contribution >= 4 is 11.7 Å². The summed E-state index contributed by atoms with van der Waals surface area (Å²) in [6, 6.07) is 7.71. The van der Waals surface area contributed by atoms with Gasteiger partial charge in [0.1, 0.15) is 5.75 Å². The van der Waals surface area contributed by atoms with Crippen molar-refractivity contribution in [1.82, 2.24) is 0 Å². The molecule has 0 saturated carbocycles. The maximum atomic E-state index is 10.8. The Morgan fingerprint density at radius 2 is 2.12 bits per heavy atom. The van der Waals surface area contributed by atoms with Crippen LogP contribution in [0.2, 0.25) is 0 Å². The molecule has 4 heteroatoms. The minimum Gasteiger partial charge on any atom is -0.497 e. The third-order valence-electron chi connectivity index (χ3n) is 2.98. The van der Waals surface area contributed by atoms with Gasteiger partial charge in [-0.2, -0.15) is 0 Å². The highest BCUT2D eigenvalue weighted by Gasteiger charge is 2.27. The number of anilines is 1. The van der Waals surface area contributed by atoms with E-state index in [1.807, 2.05) is 24.3 Å². The zero-order valence-electron chi connectivity index (χ0n) is 9.22. The predicted octanol–water partition coefficient (Wildman–Crippen LogP) is 1.61. The minimum atomic E-state index is -0.698. The number of nitrogens with zero attached hydrogens (tertiary/aromatic N) is 1. The lowest BCUT2D eigenvalue weighted by Gasteiger charge is -2.18. The van der Waals surface area contributed by atoms with Gasteiger partial charge in [0.25, 0.3) is 0 Å². The monoisotopic (exact) mass is 221 g/mol. The Balaban J connectivity index is 2.05. The SMILES string of the molecule is COc1ccc(N2CCC(C(=O)O)C2)cc1. The number of benzene rings is 1. The molecule has 16 heavy (non-hydrogen) atoms. The molecule has 1 aliphatic rings. The summed E-state index contributed by atoms with van der Waals surface area (Å²) >= 11 is 0. The molecule has 0 radical (unpaired) electrons. The van der Waals surface area contributed by atoms with Gasteiger partial charge in [-0.25, -0.2) is 0 Å². The van der Waals surface area contributed by atoms with Crippen molar-refractivity contribution in [2.45, 2.75) is 6.42 Å². The highest BCUT2D eigenvalue weighted by Crippen LogP contribution is 2.25. The van der Waals surface area contributed by atoms with Gasteiger partial charge in [0.2, 0.25) is 0 Å². The number of aliphatic carboxylic acids is 1. The van der Waals surface area contributed by atoms with Gasteiger partial charge < -0.3 is 14.7 Å². The fourth-order valence-electron chi connectivity index (χ4n) is 1.99. The van der Waals surface area contributed by atoms with Crippen molar-refractivity contribution in [3.63, 3.8) is 0 Å². The molecule has 1 aliphatic heterocycles. The molecule has 0 bridgehead atoms. The standard InChI is InChI=1S/C12H15NO3/c1-16-11-4-2-10(3-5-11)13-7-6-9(8-13)12(14)15/h2-5,9H,6-8H2,1H3,(H,14,15). The van der Waals surface area contributed by atoms with Crippen LogP contribution >= 0.6 is 0 Å². The Hall–Kier alpha value is -1.71. The molecule has 0 spiro atoms. The second kappa shape index (κ2) is 4.43. The smallest absolute Gasteiger partial charge is 0.308 e. The molecule has 1 fully saturated rings. The van der Waals surface area contributed by atoms with Gasteiger partial charge in [-0.3, -0.25) is 4.79 Å². The summed E-state index contributed by atoms with van der Waals surface area (Å²) in [6.07, 6.45) is 0.724. The van der Waals surface area contributed by atoms with Crippen molar-refractivity contribution < 1.29 is 14.6 Å². The molecule has 1 aromatic rings. The Labute approximate surface area is 94.4 Å². The molecule has 1 atom stereocenters.